The third kappa shape index (κ3) is 2.36. The van der Waals surface area contributed by atoms with E-state index in [4.69, 9.17) is 16.9 Å². The molecule has 0 atom stereocenters. The van der Waals surface area contributed by atoms with Crippen LogP contribution in [0.1, 0.15) is 31.2 Å². The quantitative estimate of drug-likeness (QED) is 0.731. The third-order valence-electron chi connectivity index (χ3n) is 2.85. The summed E-state index contributed by atoms with van der Waals surface area (Å²) in [5.74, 6) is -0.510. The number of carbonyl (C=O) groups excluding carboxylic acids is 2. The van der Waals surface area contributed by atoms with Crippen LogP contribution < -0.4 is 4.90 Å². The van der Waals surface area contributed by atoms with Gasteiger partial charge in [-0.1, -0.05) is 11.6 Å². The van der Waals surface area contributed by atoms with Crippen LogP contribution in [0, 0.1) is 11.3 Å². The van der Waals surface area contributed by atoms with E-state index in [1.807, 2.05) is 6.07 Å². The maximum Gasteiger partial charge on any atom is 0.233 e. The first kappa shape index (κ1) is 12.6. The smallest absolute Gasteiger partial charge is 0.233 e. The first-order valence-corrected chi connectivity index (χ1v) is 6.06. The lowest BCUT2D eigenvalue weighted by Crippen LogP contribution is -2.35. The average Bonchev–Trinajstić information content (AvgIpc) is 2.52. The van der Waals surface area contributed by atoms with E-state index in [1.165, 1.54) is 12.1 Å². The Morgan fingerprint density at radius 3 is 2.33 bits per heavy atom. The lowest BCUT2D eigenvalue weighted by molar-refractivity contribution is -0.125. The van der Waals surface area contributed by atoms with E-state index >= 15 is 0 Å². The van der Waals surface area contributed by atoms with Crippen molar-refractivity contribution >= 4 is 29.1 Å². The molecule has 92 valence electrons. The summed E-state index contributed by atoms with van der Waals surface area (Å²) < 4.78 is 0. The molecular formula is C13H11ClN2O2. The highest BCUT2D eigenvalue weighted by molar-refractivity contribution is 6.35. The molecule has 0 bridgehead atoms. The number of anilines is 1. The monoisotopic (exact) mass is 262 g/mol. The average molecular weight is 263 g/mol. The lowest BCUT2D eigenvalue weighted by Gasteiger charge is -2.20. The molecule has 18 heavy (non-hydrogen) atoms. The Hall–Kier alpha value is -1.86. The number of hydrogen-bond donors (Lipinski definition) is 0. The van der Waals surface area contributed by atoms with Crippen LogP contribution in [0.15, 0.2) is 18.2 Å². The van der Waals surface area contributed by atoms with Gasteiger partial charge in [-0.3, -0.25) is 9.59 Å². The van der Waals surface area contributed by atoms with Gasteiger partial charge in [-0.15, -0.1) is 0 Å². The molecule has 2 amide bonds. The first-order chi connectivity index (χ1) is 8.63. The minimum Gasteiger partial charge on any atom is -0.274 e. The molecule has 2 rings (SSSR count). The second kappa shape index (κ2) is 5.19. The fourth-order valence-electron chi connectivity index (χ4n) is 1.94. The highest BCUT2D eigenvalue weighted by Gasteiger charge is 2.27. The van der Waals surface area contributed by atoms with E-state index in [0.29, 0.717) is 42.0 Å². The van der Waals surface area contributed by atoms with Crippen molar-refractivity contribution in [2.75, 3.05) is 4.90 Å². The molecule has 5 heteroatoms. The maximum absolute atomic E-state index is 11.9. The zero-order valence-corrected chi connectivity index (χ0v) is 10.4. The molecule has 0 saturated carbocycles. The van der Waals surface area contributed by atoms with E-state index in [2.05, 4.69) is 0 Å². The summed E-state index contributed by atoms with van der Waals surface area (Å²) in [4.78, 5) is 25.0. The molecule has 1 aliphatic heterocycles. The number of carbonyl (C=O) groups is 2. The first-order valence-electron chi connectivity index (χ1n) is 5.69. The lowest BCUT2D eigenvalue weighted by atomic mass is 10.2. The molecule has 1 saturated heterocycles. The third-order valence-corrected chi connectivity index (χ3v) is 3.17. The molecule has 0 N–H and O–H groups in total. The van der Waals surface area contributed by atoms with Crippen molar-refractivity contribution in [3.8, 4) is 6.07 Å². The molecule has 0 aliphatic carbocycles. The van der Waals surface area contributed by atoms with Crippen molar-refractivity contribution in [3.05, 3.63) is 28.8 Å². The van der Waals surface area contributed by atoms with Crippen LogP contribution in [0.3, 0.4) is 0 Å². The van der Waals surface area contributed by atoms with Crippen molar-refractivity contribution < 1.29 is 9.59 Å². The largest absolute Gasteiger partial charge is 0.274 e. The molecule has 1 aromatic carbocycles. The van der Waals surface area contributed by atoms with Crippen molar-refractivity contribution in [1.82, 2.24) is 0 Å². The number of nitriles is 1. The number of benzene rings is 1. The summed E-state index contributed by atoms with van der Waals surface area (Å²) in [6, 6.07) is 6.53. The predicted molar refractivity (Wildman–Crippen MR) is 67.1 cm³/mol. The van der Waals surface area contributed by atoms with Crippen molar-refractivity contribution in [1.29, 1.82) is 5.26 Å². The van der Waals surface area contributed by atoms with Gasteiger partial charge in [0.25, 0.3) is 0 Å². The summed E-state index contributed by atoms with van der Waals surface area (Å²) >= 11 is 6.01. The summed E-state index contributed by atoms with van der Waals surface area (Å²) in [6.45, 7) is 0. The molecule has 0 aromatic heterocycles. The molecule has 0 unspecified atom stereocenters. The second-order valence-electron chi connectivity index (χ2n) is 4.11. The number of rotatable bonds is 1. The van der Waals surface area contributed by atoms with E-state index in [9.17, 15) is 9.59 Å². The fourth-order valence-corrected chi connectivity index (χ4v) is 2.14. The zero-order chi connectivity index (χ0) is 13.1. The van der Waals surface area contributed by atoms with Crippen molar-refractivity contribution in [3.63, 3.8) is 0 Å². The Bertz CT molecular complexity index is 530. The normalized spacial score (nSPS) is 16.3. The van der Waals surface area contributed by atoms with E-state index in [1.54, 1.807) is 6.07 Å². The van der Waals surface area contributed by atoms with Gasteiger partial charge in [0.1, 0.15) is 0 Å². The molecule has 4 nitrogen and oxygen atoms in total. The van der Waals surface area contributed by atoms with Gasteiger partial charge in [-0.05, 0) is 31.0 Å². The molecule has 0 radical (unpaired) electrons. The molecule has 1 fully saturated rings. The van der Waals surface area contributed by atoms with E-state index < -0.39 is 0 Å². The Morgan fingerprint density at radius 1 is 1.17 bits per heavy atom. The van der Waals surface area contributed by atoms with Gasteiger partial charge < -0.3 is 0 Å². The highest BCUT2D eigenvalue weighted by atomic mass is 35.5. The topological polar surface area (TPSA) is 61.2 Å². The van der Waals surface area contributed by atoms with Gasteiger partial charge >= 0.3 is 0 Å². The zero-order valence-electron chi connectivity index (χ0n) is 9.65. The summed E-state index contributed by atoms with van der Waals surface area (Å²) in [5, 5.41) is 9.16. The van der Waals surface area contributed by atoms with Crippen LogP contribution in [-0.2, 0) is 9.59 Å². The fraction of sp³-hybridized carbons (Fsp3) is 0.308. The van der Waals surface area contributed by atoms with Crippen LogP contribution in [0.2, 0.25) is 5.02 Å². The van der Waals surface area contributed by atoms with Gasteiger partial charge in [0.05, 0.1) is 22.3 Å². The second-order valence-corrected chi connectivity index (χ2v) is 4.52. The van der Waals surface area contributed by atoms with Crippen LogP contribution in [0.4, 0.5) is 5.69 Å². The summed E-state index contributed by atoms with van der Waals surface area (Å²) in [7, 11) is 0. The van der Waals surface area contributed by atoms with Crippen LogP contribution in [0.5, 0.6) is 0 Å². The number of imide groups is 1. The van der Waals surface area contributed by atoms with Crippen LogP contribution >= 0.6 is 11.6 Å². The van der Waals surface area contributed by atoms with Gasteiger partial charge in [0.2, 0.25) is 11.8 Å². The minimum atomic E-state index is -0.255. The molecule has 1 heterocycles. The molecule has 1 aromatic rings. The number of nitrogens with zero attached hydrogens (tertiary/aromatic N) is 2. The van der Waals surface area contributed by atoms with Gasteiger partial charge in [-0.25, -0.2) is 4.90 Å². The maximum atomic E-state index is 11.9. The molecule has 0 spiro atoms. The van der Waals surface area contributed by atoms with E-state index in [0.717, 1.165) is 4.90 Å². The Morgan fingerprint density at radius 2 is 1.78 bits per heavy atom. The Kier molecular flexibility index (Phi) is 3.63. The minimum absolute atomic E-state index is 0.255. The highest BCUT2D eigenvalue weighted by Crippen LogP contribution is 2.29. The number of hydrogen-bond acceptors (Lipinski definition) is 3. The molecular weight excluding hydrogens is 252 g/mol. The van der Waals surface area contributed by atoms with Gasteiger partial charge in [0.15, 0.2) is 0 Å². The summed E-state index contributed by atoms with van der Waals surface area (Å²) in [5.41, 5.74) is 0.687. The Balaban J connectivity index is 2.48. The van der Waals surface area contributed by atoms with Crippen molar-refractivity contribution in [2.45, 2.75) is 25.7 Å². The van der Waals surface area contributed by atoms with Crippen molar-refractivity contribution in [2.24, 2.45) is 0 Å². The predicted octanol–water partition coefficient (Wildman–Crippen LogP) is 2.65. The van der Waals surface area contributed by atoms with Crippen LogP contribution in [-0.4, -0.2) is 11.8 Å². The van der Waals surface area contributed by atoms with Gasteiger partial charge in [-0.2, -0.15) is 5.26 Å². The Labute approximate surface area is 110 Å². The SMILES string of the molecule is N#Cc1ccc(Cl)c(N2C(=O)CCCCC2=O)c1. The standard InChI is InChI=1S/C13H11ClN2O2/c14-10-6-5-9(8-15)7-11(10)16-12(17)3-1-2-4-13(16)18/h5-7H,1-4H2. The van der Waals surface area contributed by atoms with E-state index in [-0.39, 0.29) is 11.8 Å². The number of amides is 2. The van der Waals surface area contributed by atoms with Crippen LogP contribution in [0.25, 0.3) is 0 Å². The number of halogens is 1. The molecule has 1 aliphatic rings. The summed E-state index contributed by atoms with van der Waals surface area (Å²) in [6.07, 6.45) is 2.07. The van der Waals surface area contributed by atoms with Gasteiger partial charge in [0, 0.05) is 12.8 Å².